The molecule has 2 aliphatic heterocycles. The molecule has 3 heterocycles. The Morgan fingerprint density at radius 3 is 3.00 bits per heavy atom. The molecule has 2 aliphatic rings. The fourth-order valence-electron chi connectivity index (χ4n) is 2.60. The lowest BCUT2D eigenvalue weighted by Crippen LogP contribution is -2.22. The second-order valence-corrected chi connectivity index (χ2v) is 4.34. The zero-order valence-electron chi connectivity index (χ0n) is 8.64. The third kappa shape index (κ3) is 1.34. The minimum absolute atomic E-state index is 0.0628. The molecule has 2 bridgehead atoms. The van der Waals surface area contributed by atoms with Crippen molar-refractivity contribution in [2.75, 3.05) is 0 Å². The van der Waals surface area contributed by atoms with Crippen molar-refractivity contribution >= 4 is 0 Å². The highest BCUT2D eigenvalue weighted by Gasteiger charge is 2.42. The third-order valence-corrected chi connectivity index (χ3v) is 3.40. The van der Waals surface area contributed by atoms with Gasteiger partial charge in [0.1, 0.15) is 17.5 Å². The molecule has 1 N–H and O–H groups in total. The average molecular weight is 217 g/mol. The van der Waals surface area contributed by atoms with E-state index in [1.165, 1.54) is 6.20 Å². The predicted octanol–water partition coefficient (Wildman–Crippen LogP) is 0.676. The Bertz CT molecular complexity index is 517. The molecule has 1 aromatic heterocycles. The molecular formula is C11H11N3O2. The second-order valence-electron chi connectivity index (χ2n) is 4.34. The quantitative estimate of drug-likeness (QED) is 0.750. The number of hydrogen-bond donors (Lipinski definition) is 1. The van der Waals surface area contributed by atoms with Crippen LogP contribution in [0.4, 0.5) is 0 Å². The lowest BCUT2D eigenvalue weighted by molar-refractivity contribution is 0.0998. The van der Waals surface area contributed by atoms with Crippen molar-refractivity contribution in [2.45, 2.75) is 37.4 Å². The Labute approximate surface area is 92.1 Å². The van der Waals surface area contributed by atoms with Crippen LogP contribution in [-0.2, 0) is 4.74 Å². The van der Waals surface area contributed by atoms with Crippen LogP contribution >= 0.6 is 0 Å². The van der Waals surface area contributed by atoms with Crippen LogP contribution < -0.4 is 5.56 Å². The monoisotopic (exact) mass is 217 g/mol. The van der Waals surface area contributed by atoms with Crippen LogP contribution in [0.5, 0.6) is 0 Å². The number of nitriles is 1. The number of ether oxygens (including phenoxy) is 1. The Balaban J connectivity index is 1.94. The predicted molar refractivity (Wildman–Crippen MR) is 54.8 cm³/mol. The maximum Gasteiger partial charge on any atom is 0.268 e. The zero-order valence-corrected chi connectivity index (χ0v) is 8.64. The van der Waals surface area contributed by atoms with Crippen molar-refractivity contribution in [3.63, 3.8) is 0 Å². The van der Waals surface area contributed by atoms with Crippen molar-refractivity contribution < 1.29 is 4.74 Å². The summed E-state index contributed by atoms with van der Waals surface area (Å²) in [7, 11) is 0. The van der Waals surface area contributed by atoms with Crippen molar-refractivity contribution in [3.8, 4) is 6.07 Å². The van der Waals surface area contributed by atoms with Gasteiger partial charge in [0.15, 0.2) is 0 Å². The first-order chi connectivity index (χ1) is 7.78. The SMILES string of the molecule is N#Cc1cnc(C2CC3CCC2O3)[nH]c1=O. The number of aromatic nitrogens is 2. The van der Waals surface area contributed by atoms with Gasteiger partial charge in [-0.2, -0.15) is 5.26 Å². The van der Waals surface area contributed by atoms with Gasteiger partial charge < -0.3 is 9.72 Å². The zero-order chi connectivity index (χ0) is 11.1. The fourth-order valence-corrected chi connectivity index (χ4v) is 2.60. The van der Waals surface area contributed by atoms with Gasteiger partial charge in [-0.1, -0.05) is 0 Å². The molecule has 16 heavy (non-hydrogen) atoms. The van der Waals surface area contributed by atoms with E-state index in [2.05, 4.69) is 9.97 Å². The normalized spacial score (nSPS) is 31.6. The van der Waals surface area contributed by atoms with E-state index in [9.17, 15) is 4.79 Å². The molecule has 2 saturated heterocycles. The Morgan fingerprint density at radius 2 is 2.44 bits per heavy atom. The van der Waals surface area contributed by atoms with Crippen molar-refractivity contribution in [1.29, 1.82) is 5.26 Å². The van der Waals surface area contributed by atoms with Crippen molar-refractivity contribution in [1.82, 2.24) is 9.97 Å². The molecule has 3 atom stereocenters. The summed E-state index contributed by atoms with van der Waals surface area (Å²) in [5.74, 6) is 0.857. The molecule has 5 heteroatoms. The first-order valence-corrected chi connectivity index (χ1v) is 5.42. The van der Waals surface area contributed by atoms with Crippen LogP contribution in [0, 0.1) is 11.3 Å². The Kier molecular flexibility index (Phi) is 2.04. The highest BCUT2D eigenvalue weighted by molar-refractivity contribution is 5.23. The van der Waals surface area contributed by atoms with Gasteiger partial charge in [0.25, 0.3) is 5.56 Å². The van der Waals surface area contributed by atoms with E-state index in [4.69, 9.17) is 10.00 Å². The largest absolute Gasteiger partial charge is 0.374 e. The van der Waals surface area contributed by atoms with Gasteiger partial charge in [-0.25, -0.2) is 4.98 Å². The molecule has 1 aromatic rings. The number of fused-ring (bicyclic) bond motifs is 2. The third-order valence-electron chi connectivity index (χ3n) is 3.40. The van der Waals surface area contributed by atoms with E-state index in [1.54, 1.807) is 0 Å². The molecule has 5 nitrogen and oxygen atoms in total. The molecule has 3 unspecified atom stereocenters. The number of nitrogens with one attached hydrogen (secondary N) is 1. The van der Waals surface area contributed by atoms with Gasteiger partial charge in [0.05, 0.1) is 18.4 Å². The maximum atomic E-state index is 11.5. The van der Waals surface area contributed by atoms with E-state index in [1.807, 2.05) is 6.07 Å². The molecular weight excluding hydrogens is 206 g/mol. The fraction of sp³-hybridized carbons (Fsp3) is 0.545. The summed E-state index contributed by atoms with van der Waals surface area (Å²) in [5.41, 5.74) is -0.289. The van der Waals surface area contributed by atoms with Crippen LogP contribution in [0.2, 0.25) is 0 Å². The van der Waals surface area contributed by atoms with Crippen LogP contribution in [0.25, 0.3) is 0 Å². The summed E-state index contributed by atoms with van der Waals surface area (Å²) in [5, 5.41) is 8.65. The highest BCUT2D eigenvalue weighted by Crippen LogP contribution is 2.42. The molecule has 82 valence electrons. The number of nitrogens with zero attached hydrogens (tertiary/aromatic N) is 2. The minimum Gasteiger partial charge on any atom is -0.374 e. The van der Waals surface area contributed by atoms with Gasteiger partial charge in [0.2, 0.25) is 0 Å². The lowest BCUT2D eigenvalue weighted by Gasteiger charge is -2.16. The van der Waals surface area contributed by atoms with Crippen LogP contribution in [-0.4, -0.2) is 22.2 Å². The summed E-state index contributed by atoms with van der Waals surface area (Å²) < 4.78 is 5.71. The number of rotatable bonds is 1. The number of hydrogen-bond acceptors (Lipinski definition) is 4. The number of aromatic amines is 1. The summed E-state index contributed by atoms with van der Waals surface area (Å²) in [6.45, 7) is 0. The van der Waals surface area contributed by atoms with E-state index >= 15 is 0 Å². The highest BCUT2D eigenvalue weighted by atomic mass is 16.5. The Morgan fingerprint density at radius 1 is 1.56 bits per heavy atom. The topological polar surface area (TPSA) is 78.8 Å². The van der Waals surface area contributed by atoms with Crippen LogP contribution in [0.3, 0.4) is 0 Å². The standard InChI is InChI=1S/C11H11N3O2/c12-4-6-5-13-10(14-11(6)15)8-3-7-1-2-9(8)16-7/h5,7-9H,1-3H2,(H,13,14,15). The molecule has 0 aliphatic carbocycles. The van der Waals surface area contributed by atoms with Gasteiger partial charge in [0, 0.05) is 5.92 Å². The van der Waals surface area contributed by atoms with E-state index in [-0.39, 0.29) is 23.1 Å². The van der Waals surface area contributed by atoms with Gasteiger partial charge in [-0.05, 0) is 19.3 Å². The average Bonchev–Trinajstić information content (AvgIpc) is 2.90. The molecule has 0 radical (unpaired) electrons. The molecule has 3 rings (SSSR count). The summed E-state index contributed by atoms with van der Waals surface area (Å²) in [6, 6.07) is 1.81. The van der Waals surface area contributed by atoms with Crippen LogP contribution in [0.1, 0.15) is 36.6 Å². The first kappa shape index (κ1) is 9.55. The van der Waals surface area contributed by atoms with E-state index < -0.39 is 0 Å². The lowest BCUT2D eigenvalue weighted by atomic mass is 9.88. The van der Waals surface area contributed by atoms with Crippen LogP contribution in [0.15, 0.2) is 11.0 Å². The van der Waals surface area contributed by atoms with E-state index in [0.29, 0.717) is 11.9 Å². The molecule has 0 aromatic carbocycles. The summed E-state index contributed by atoms with van der Waals surface area (Å²) in [6.07, 6.45) is 4.96. The van der Waals surface area contributed by atoms with Gasteiger partial charge in [-0.15, -0.1) is 0 Å². The van der Waals surface area contributed by atoms with E-state index in [0.717, 1.165) is 19.3 Å². The maximum absolute atomic E-state index is 11.5. The first-order valence-electron chi connectivity index (χ1n) is 5.42. The summed E-state index contributed by atoms with van der Waals surface area (Å²) in [4.78, 5) is 18.3. The molecule has 0 spiro atoms. The number of H-pyrrole nitrogens is 1. The second kappa shape index (κ2) is 3.42. The molecule has 0 amide bonds. The smallest absolute Gasteiger partial charge is 0.268 e. The van der Waals surface area contributed by atoms with Gasteiger partial charge >= 0.3 is 0 Å². The van der Waals surface area contributed by atoms with Gasteiger partial charge in [-0.3, -0.25) is 4.79 Å². The van der Waals surface area contributed by atoms with Crippen molar-refractivity contribution in [2.24, 2.45) is 0 Å². The summed E-state index contributed by atoms with van der Waals surface area (Å²) >= 11 is 0. The molecule has 2 fully saturated rings. The van der Waals surface area contributed by atoms with Crippen molar-refractivity contribution in [3.05, 3.63) is 27.9 Å². The minimum atomic E-state index is -0.352. The Hall–Kier alpha value is -1.67. The molecule has 0 saturated carbocycles.